The van der Waals surface area contributed by atoms with Crippen LogP contribution < -0.4 is 5.32 Å². The van der Waals surface area contributed by atoms with Crippen molar-refractivity contribution in [2.45, 2.75) is 45.6 Å². The van der Waals surface area contributed by atoms with Crippen molar-refractivity contribution in [3.63, 3.8) is 0 Å². The van der Waals surface area contributed by atoms with Gasteiger partial charge in [0.05, 0.1) is 42.3 Å². The van der Waals surface area contributed by atoms with Gasteiger partial charge in [0.15, 0.2) is 0 Å². The summed E-state index contributed by atoms with van der Waals surface area (Å²) in [6.45, 7) is 6.33. The fourth-order valence-corrected chi connectivity index (χ4v) is 2.67. The number of alkyl halides is 3. The first-order chi connectivity index (χ1) is 14.0. The smallest absolute Gasteiger partial charge is 0.475 e. The van der Waals surface area contributed by atoms with E-state index in [-0.39, 0.29) is 18.4 Å². The Labute approximate surface area is 171 Å². The molecule has 0 saturated heterocycles. The predicted molar refractivity (Wildman–Crippen MR) is 99.3 cm³/mol. The van der Waals surface area contributed by atoms with Crippen molar-refractivity contribution in [2.24, 2.45) is 0 Å². The van der Waals surface area contributed by atoms with Crippen LogP contribution in [0.3, 0.4) is 0 Å². The summed E-state index contributed by atoms with van der Waals surface area (Å²) >= 11 is 0. The van der Waals surface area contributed by atoms with Crippen LogP contribution in [-0.2, 0) is 29.1 Å². The van der Waals surface area contributed by atoms with Crippen LogP contribution in [0.1, 0.15) is 35.9 Å². The number of hydrogen-bond acceptors (Lipinski definition) is 6. The summed E-state index contributed by atoms with van der Waals surface area (Å²) < 4.78 is 33.9. The fourth-order valence-electron chi connectivity index (χ4n) is 2.67. The van der Waals surface area contributed by atoms with Crippen LogP contribution in [0.4, 0.5) is 13.2 Å². The Hall–Kier alpha value is -3.02. The van der Waals surface area contributed by atoms with E-state index in [0.717, 1.165) is 36.0 Å². The first kappa shape index (κ1) is 23.3. The minimum absolute atomic E-state index is 0.0520. The van der Waals surface area contributed by atoms with E-state index < -0.39 is 12.1 Å². The van der Waals surface area contributed by atoms with Gasteiger partial charge in [-0.2, -0.15) is 13.2 Å². The van der Waals surface area contributed by atoms with Crippen LogP contribution in [0.15, 0.2) is 18.6 Å². The zero-order valence-electron chi connectivity index (χ0n) is 16.8. The largest absolute Gasteiger partial charge is 0.490 e. The van der Waals surface area contributed by atoms with Crippen molar-refractivity contribution in [3.8, 4) is 0 Å². The molecule has 1 amide bonds. The van der Waals surface area contributed by atoms with Gasteiger partial charge in [0.25, 0.3) is 0 Å². The molecule has 0 spiro atoms. The molecule has 0 aliphatic carbocycles. The zero-order valence-corrected chi connectivity index (χ0v) is 16.8. The van der Waals surface area contributed by atoms with Crippen molar-refractivity contribution in [1.82, 2.24) is 29.7 Å². The van der Waals surface area contributed by atoms with Crippen molar-refractivity contribution in [1.29, 1.82) is 0 Å². The summed E-state index contributed by atoms with van der Waals surface area (Å²) in [5, 5.41) is 9.99. The second kappa shape index (κ2) is 9.65. The molecule has 2 aromatic heterocycles. The number of carboxylic acid groups (broad SMARTS) is 1. The normalized spacial score (nSPS) is 16.3. The molecule has 1 atom stereocenters. The summed E-state index contributed by atoms with van der Waals surface area (Å²) in [4.78, 5) is 36.3. The molecule has 2 aromatic rings. The molecule has 2 N–H and O–H groups in total. The van der Waals surface area contributed by atoms with Gasteiger partial charge in [0.2, 0.25) is 5.91 Å². The molecule has 1 aliphatic rings. The number of halogens is 3. The lowest BCUT2D eigenvalue weighted by atomic mass is 10.2. The summed E-state index contributed by atoms with van der Waals surface area (Å²) in [5.41, 5.74) is 2.43. The number of hydrogen-bond donors (Lipinski definition) is 2. The molecule has 0 radical (unpaired) electrons. The molecule has 3 heterocycles. The molecule has 164 valence electrons. The molecule has 1 aliphatic heterocycles. The van der Waals surface area contributed by atoms with E-state index in [4.69, 9.17) is 9.90 Å². The SMILES string of the molecule is Cc1cnc(CNC(=O)Cc2cn3c(n2)C(C)N(C)CC3)cn1.O=C(O)C(F)(F)F. The Bertz CT molecular complexity index is 882. The van der Waals surface area contributed by atoms with E-state index in [1.807, 2.05) is 13.1 Å². The zero-order chi connectivity index (χ0) is 22.5. The number of carboxylic acids is 1. The average molecular weight is 428 g/mol. The number of aliphatic carboxylic acids is 1. The number of imidazole rings is 1. The second-order valence-corrected chi connectivity index (χ2v) is 6.85. The number of aromatic nitrogens is 4. The maximum absolute atomic E-state index is 12.1. The van der Waals surface area contributed by atoms with Gasteiger partial charge in [0, 0.05) is 25.5 Å². The minimum atomic E-state index is -5.08. The van der Waals surface area contributed by atoms with Gasteiger partial charge < -0.3 is 15.0 Å². The topological polar surface area (TPSA) is 113 Å². The van der Waals surface area contributed by atoms with E-state index in [0.29, 0.717) is 6.54 Å². The number of carbonyl (C=O) groups excluding carboxylic acids is 1. The molecule has 0 bridgehead atoms. The highest BCUT2D eigenvalue weighted by molar-refractivity contribution is 5.78. The number of amides is 1. The van der Waals surface area contributed by atoms with E-state index in [1.165, 1.54) is 0 Å². The van der Waals surface area contributed by atoms with Crippen LogP contribution >= 0.6 is 0 Å². The van der Waals surface area contributed by atoms with Gasteiger partial charge in [-0.25, -0.2) is 9.78 Å². The van der Waals surface area contributed by atoms with Gasteiger partial charge in [-0.3, -0.25) is 19.7 Å². The molecule has 3 rings (SSSR count). The summed E-state index contributed by atoms with van der Waals surface area (Å²) in [5.74, 6) is -1.78. The molecule has 0 fully saturated rings. The Balaban J connectivity index is 0.000000396. The van der Waals surface area contributed by atoms with Crippen LogP contribution in [0, 0.1) is 6.92 Å². The summed E-state index contributed by atoms with van der Waals surface area (Å²) in [6, 6.07) is 0.281. The molecule has 30 heavy (non-hydrogen) atoms. The number of likely N-dealkylation sites (N-methyl/N-ethyl adjacent to an activating group) is 1. The number of aryl methyl sites for hydroxylation is 1. The third-order valence-electron chi connectivity index (χ3n) is 4.47. The van der Waals surface area contributed by atoms with Crippen molar-refractivity contribution in [2.75, 3.05) is 13.6 Å². The van der Waals surface area contributed by atoms with E-state index in [2.05, 4.69) is 43.7 Å². The monoisotopic (exact) mass is 428 g/mol. The van der Waals surface area contributed by atoms with Crippen LogP contribution in [0.2, 0.25) is 0 Å². The Morgan fingerprint density at radius 3 is 2.47 bits per heavy atom. The van der Waals surface area contributed by atoms with Crippen molar-refractivity contribution >= 4 is 11.9 Å². The number of nitrogens with zero attached hydrogens (tertiary/aromatic N) is 5. The minimum Gasteiger partial charge on any atom is -0.475 e. The second-order valence-electron chi connectivity index (χ2n) is 6.85. The maximum Gasteiger partial charge on any atom is 0.490 e. The molecule has 12 heteroatoms. The quantitative estimate of drug-likeness (QED) is 0.758. The standard InChI is InChI=1S/C16H22N6O.C2HF3O2/c1-11-7-18-14(8-17-11)9-19-15(23)6-13-10-22-5-4-21(3)12(2)16(22)20-13;3-2(4,5)1(6)7/h7-8,10,12H,4-6,9H2,1-3H3,(H,19,23);(H,6,7). The Morgan fingerprint density at radius 1 is 1.23 bits per heavy atom. The number of nitrogens with one attached hydrogen (secondary N) is 1. The Morgan fingerprint density at radius 2 is 1.90 bits per heavy atom. The van der Waals surface area contributed by atoms with Gasteiger partial charge in [-0.15, -0.1) is 0 Å². The van der Waals surface area contributed by atoms with Gasteiger partial charge >= 0.3 is 12.1 Å². The lowest BCUT2D eigenvalue weighted by Gasteiger charge is -2.30. The molecule has 0 saturated carbocycles. The fraction of sp³-hybridized carbons (Fsp3) is 0.500. The van der Waals surface area contributed by atoms with Crippen molar-refractivity contribution in [3.05, 3.63) is 41.5 Å². The number of carbonyl (C=O) groups is 2. The summed E-state index contributed by atoms with van der Waals surface area (Å²) in [6.07, 6.45) is 0.574. The highest BCUT2D eigenvalue weighted by atomic mass is 19.4. The highest BCUT2D eigenvalue weighted by Gasteiger charge is 2.38. The third kappa shape index (κ3) is 6.51. The lowest BCUT2D eigenvalue weighted by molar-refractivity contribution is -0.192. The average Bonchev–Trinajstić information content (AvgIpc) is 3.07. The van der Waals surface area contributed by atoms with Crippen LogP contribution in [-0.4, -0.2) is 61.2 Å². The first-order valence-electron chi connectivity index (χ1n) is 9.08. The molecular formula is C18H23F3N6O3. The predicted octanol–water partition coefficient (Wildman–Crippen LogP) is 1.48. The summed E-state index contributed by atoms with van der Waals surface area (Å²) in [7, 11) is 2.10. The van der Waals surface area contributed by atoms with E-state index in [9.17, 15) is 18.0 Å². The highest BCUT2D eigenvalue weighted by Crippen LogP contribution is 2.22. The number of fused-ring (bicyclic) bond motifs is 1. The van der Waals surface area contributed by atoms with Crippen molar-refractivity contribution < 1.29 is 27.9 Å². The van der Waals surface area contributed by atoms with Gasteiger partial charge in [0.1, 0.15) is 5.82 Å². The van der Waals surface area contributed by atoms with Crippen LogP contribution in [0.25, 0.3) is 0 Å². The molecule has 9 nitrogen and oxygen atoms in total. The molecule has 1 unspecified atom stereocenters. The third-order valence-corrected chi connectivity index (χ3v) is 4.47. The van der Waals surface area contributed by atoms with Gasteiger partial charge in [-0.1, -0.05) is 0 Å². The number of rotatable bonds is 4. The van der Waals surface area contributed by atoms with Crippen LogP contribution in [0.5, 0.6) is 0 Å². The van der Waals surface area contributed by atoms with E-state index >= 15 is 0 Å². The lowest BCUT2D eigenvalue weighted by Crippen LogP contribution is -2.33. The molecule has 0 aromatic carbocycles. The maximum atomic E-state index is 12.1. The van der Waals surface area contributed by atoms with Gasteiger partial charge in [-0.05, 0) is 20.9 Å². The Kier molecular flexibility index (Phi) is 7.48. The van der Waals surface area contributed by atoms with E-state index in [1.54, 1.807) is 12.4 Å². The molecular weight excluding hydrogens is 405 g/mol. The first-order valence-corrected chi connectivity index (χ1v) is 9.08.